The summed E-state index contributed by atoms with van der Waals surface area (Å²) >= 11 is 5.97. The van der Waals surface area contributed by atoms with Crippen molar-refractivity contribution < 1.29 is 4.74 Å². The summed E-state index contributed by atoms with van der Waals surface area (Å²) in [6, 6.07) is 9.85. The van der Waals surface area contributed by atoms with Crippen LogP contribution >= 0.6 is 24.0 Å². The van der Waals surface area contributed by atoms with Crippen LogP contribution in [0.5, 0.6) is 5.75 Å². The number of nitrogens with zero attached hydrogens (tertiary/aromatic N) is 1. The first-order chi connectivity index (χ1) is 9.29. The molecule has 0 bridgehead atoms. The van der Waals surface area contributed by atoms with E-state index in [-0.39, 0.29) is 0 Å². The zero-order valence-electron chi connectivity index (χ0n) is 10.9. The fraction of sp³-hybridized carbons (Fsp3) is 0.267. The predicted octanol–water partition coefficient (Wildman–Crippen LogP) is 4.97. The molecule has 0 N–H and O–H groups in total. The lowest BCUT2D eigenvalue weighted by atomic mass is 10.3. The maximum atomic E-state index is 5.61. The Kier molecular flexibility index (Phi) is 5.48. The molecule has 0 saturated heterocycles. The molecule has 0 aliphatic heterocycles. The van der Waals surface area contributed by atoms with Crippen molar-refractivity contribution in [3.05, 3.63) is 41.3 Å². The van der Waals surface area contributed by atoms with Gasteiger partial charge in [0.25, 0.3) is 0 Å². The number of hydrogen-bond acceptors (Lipinski definition) is 4. The topological polar surface area (TPSA) is 21.6 Å². The second-order valence-corrected chi connectivity index (χ2v) is 5.80. The second-order valence-electron chi connectivity index (χ2n) is 4.14. The summed E-state index contributed by atoms with van der Waals surface area (Å²) in [4.78, 5) is 4.42. The summed E-state index contributed by atoms with van der Waals surface area (Å²) in [7, 11) is 0. The van der Waals surface area contributed by atoms with Gasteiger partial charge in [-0.2, -0.15) is 0 Å². The minimum Gasteiger partial charge on any atom is -0.494 e. The second kappa shape index (κ2) is 7.36. The zero-order valence-corrected chi connectivity index (χ0v) is 12.6. The first-order valence-electron chi connectivity index (χ1n) is 6.33. The standard InChI is InChI=1S/C15H17NOS2/c1-2-3-9-17-14-6-4-13(5-7-14)16-11-12-8-10-19-15(12)18/h4-8,10-11,18H,2-3,9H2,1H3. The largest absolute Gasteiger partial charge is 0.494 e. The van der Waals surface area contributed by atoms with Crippen LogP contribution in [0, 0.1) is 0 Å². The van der Waals surface area contributed by atoms with Crippen molar-refractivity contribution in [2.45, 2.75) is 24.0 Å². The number of unbranched alkanes of at least 4 members (excludes halogenated alkanes) is 1. The molecule has 4 heteroatoms. The van der Waals surface area contributed by atoms with Crippen LogP contribution < -0.4 is 4.74 Å². The third-order valence-electron chi connectivity index (χ3n) is 2.63. The minimum atomic E-state index is 0.775. The van der Waals surface area contributed by atoms with Crippen molar-refractivity contribution >= 4 is 35.9 Å². The molecule has 0 aliphatic rings. The molecule has 2 rings (SSSR count). The van der Waals surface area contributed by atoms with Gasteiger partial charge < -0.3 is 4.74 Å². The van der Waals surface area contributed by atoms with Gasteiger partial charge in [0.1, 0.15) is 5.75 Å². The Morgan fingerprint density at radius 3 is 2.68 bits per heavy atom. The summed E-state index contributed by atoms with van der Waals surface area (Å²) in [5, 5.41) is 2.01. The van der Waals surface area contributed by atoms with Gasteiger partial charge in [-0.3, -0.25) is 4.99 Å². The van der Waals surface area contributed by atoms with Crippen LogP contribution in [0.25, 0.3) is 0 Å². The fourth-order valence-corrected chi connectivity index (χ4v) is 2.43. The molecule has 100 valence electrons. The highest BCUT2D eigenvalue weighted by Gasteiger charge is 1.97. The van der Waals surface area contributed by atoms with Crippen molar-refractivity contribution in [2.75, 3.05) is 6.61 Å². The molecule has 1 aromatic heterocycles. The van der Waals surface area contributed by atoms with Crippen molar-refractivity contribution in [2.24, 2.45) is 4.99 Å². The number of ether oxygens (including phenoxy) is 1. The zero-order chi connectivity index (χ0) is 13.5. The molecule has 0 saturated carbocycles. The van der Waals surface area contributed by atoms with E-state index >= 15 is 0 Å². The van der Waals surface area contributed by atoms with E-state index in [9.17, 15) is 0 Å². The average molecular weight is 291 g/mol. The Morgan fingerprint density at radius 2 is 2.05 bits per heavy atom. The highest BCUT2D eigenvalue weighted by atomic mass is 32.2. The molecule has 19 heavy (non-hydrogen) atoms. The lowest BCUT2D eigenvalue weighted by molar-refractivity contribution is 0.309. The molecule has 0 fully saturated rings. The number of thiophene rings is 1. The molecule has 0 radical (unpaired) electrons. The summed E-state index contributed by atoms with van der Waals surface area (Å²) in [5.41, 5.74) is 1.97. The third kappa shape index (κ3) is 4.40. The smallest absolute Gasteiger partial charge is 0.119 e. The van der Waals surface area contributed by atoms with Gasteiger partial charge in [-0.15, -0.1) is 24.0 Å². The summed E-state index contributed by atoms with van der Waals surface area (Å²) < 4.78 is 6.60. The number of hydrogen-bond donors (Lipinski definition) is 1. The van der Waals surface area contributed by atoms with E-state index in [1.165, 1.54) is 0 Å². The van der Waals surface area contributed by atoms with E-state index in [4.69, 9.17) is 4.74 Å². The van der Waals surface area contributed by atoms with Gasteiger partial charge in [-0.05, 0) is 42.1 Å². The molecule has 0 aliphatic carbocycles. The molecule has 0 amide bonds. The van der Waals surface area contributed by atoms with Crippen molar-refractivity contribution in [3.63, 3.8) is 0 Å². The van der Waals surface area contributed by atoms with E-state index in [1.54, 1.807) is 11.3 Å². The van der Waals surface area contributed by atoms with Crippen LogP contribution in [0.15, 0.2) is 44.9 Å². The first kappa shape index (κ1) is 14.2. The van der Waals surface area contributed by atoms with Gasteiger partial charge in [0, 0.05) is 11.8 Å². The molecule has 0 unspecified atom stereocenters. The Labute approximate surface area is 123 Å². The molecule has 0 spiro atoms. The lowest BCUT2D eigenvalue weighted by Gasteiger charge is -2.04. The quantitative estimate of drug-likeness (QED) is 0.453. The predicted molar refractivity (Wildman–Crippen MR) is 85.7 cm³/mol. The maximum absolute atomic E-state index is 5.61. The van der Waals surface area contributed by atoms with E-state index < -0.39 is 0 Å². The highest BCUT2D eigenvalue weighted by Crippen LogP contribution is 2.21. The Morgan fingerprint density at radius 1 is 1.26 bits per heavy atom. The SMILES string of the molecule is CCCCOc1ccc(N=Cc2ccsc2S)cc1. The van der Waals surface area contributed by atoms with E-state index in [2.05, 4.69) is 24.5 Å². The lowest BCUT2D eigenvalue weighted by Crippen LogP contribution is -1.95. The molecular formula is C15H17NOS2. The third-order valence-corrected chi connectivity index (χ3v) is 3.94. The summed E-state index contributed by atoms with van der Waals surface area (Å²) in [5.74, 6) is 0.901. The van der Waals surface area contributed by atoms with Crippen molar-refractivity contribution in [3.8, 4) is 5.75 Å². The Hall–Kier alpha value is -1.26. The van der Waals surface area contributed by atoms with Gasteiger partial charge in [0.05, 0.1) is 16.5 Å². The normalized spacial score (nSPS) is 11.1. The number of benzene rings is 1. The number of rotatable bonds is 6. The Balaban J connectivity index is 1.95. The van der Waals surface area contributed by atoms with Crippen LogP contribution in [0.1, 0.15) is 25.3 Å². The number of aliphatic imine (C=N–C) groups is 1. The van der Waals surface area contributed by atoms with Gasteiger partial charge in [-0.25, -0.2) is 0 Å². The van der Waals surface area contributed by atoms with Gasteiger partial charge in [0.15, 0.2) is 0 Å². The van der Waals surface area contributed by atoms with Crippen molar-refractivity contribution in [1.82, 2.24) is 0 Å². The van der Waals surface area contributed by atoms with Crippen LogP contribution in [-0.4, -0.2) is 12.8 Å². The molecule has 2 nitrogen and oxygen atoms in total. The molecule has 1 aromatic carbocycles. The van der Waals surface area contributed by atoms with Crippen LogP contribution in [0.3, 0.4) is 0 Å². The fourth-order valence-electron chi connectivity index (χ4n) is 1.52. The number of thiol groups is 1. The van der Waals surface area contributed by atoms with Crippen LogP contribution in [0.2, 0.25) is 0 Å². The van der Waals surface area contributed by atoms with Gasteiger partial charge in [-0.1, -0.05) is 13.3 Å². The van der Waals surface area contributed by atoms with Crippen LogP contribution in [0.4, 0.5) is 5.69 Å². The van der Waals surface area contributed by atoms with Gasteiger partial charge in [0.2, 0.25) is 0 Å². The molecular weight excluding hydrogens is 274 g/mol. The highest BCUT2D eigenvalue weighted by molar-refractivity contribution is 7.83. The maximum Gasteiger partial charge on any atom is 0.119 e. The molecule has 0 atom stereocenters. The van der Waals surface area contributed by atoms with Crippen LogP contribution in [-0.2, 0) is 0 Å². The summed E-state index contributed by atoms with van der Waals surface area (Å²) in [6.07, 6.45) is 4.07. The molecule has 2 aromatic rings. The average Bonchev–Trinajstić information content (AvgIpc) is 2.84. The van der Waals surface area contributed by atoms with E-state index in [1.807, 2.05) is 41.9 Å². The minimum absolute atomic E-state index is 0.775. The van der Waals surface area contributed by atoms with Crippen molar-refractivity contribution in [1.29, 1.82) is 0 Å². The van der Waals surface area contributed by atoms with E-state index in [0.717, 1.165) is 40.7 Å². The molecule has 1 heterocycles. The Bertz CT molecular complexity index is 531. The van der Waals surface area contributed by atoms with Gasteiger partial charge >= 0.3 is 0 Å². The van der Waals surface area contributed by atoms with E-state index in [0.29, 0.717) is 0 Å². The monoisotopic (exact) mass is 291 g/mol. The first-order valence-corrected chi connectivity index (χ1v) is 7.65. The summed E-state index contributed by atoms with van der Waals surface area (Å²) in [6.45, 7) is 2.93.